The van der Waals surface area contributed by atoms with Crippen molar-refractivity contribution in [2.24, 2.45) is 0 Å². The number of carbonyl (C=O) groups excluding carboxylic acids is 1. The Bertz CT molecular complexity index is 503. The predicted molar refractivity (Wildman–Crippen MR) is 85.7 cm³/mol. The summed E-state index contributed by atoms with van der Waals surface area (Å²) in [5, 5.41) is 2.88. The molecule has 112 valence electrons. The Labute approximate surface area is 123 Å². The monoisotopic (exact) mass is 297 g/mol. The number of nitrogens with zero attached hydrogens (tertiary/aromatic N) is 1. The van der Waals surface area contributed by atoms with E-state index in [1.165, 1.54) is 0 Å². The number of anilines is 2. The molecule has 0 radical (unpaired) electrons. The molecule has 0 heterocycles. The summed E-state index contributed by atoms with van der Waals surface area (Å²) >= 11 is 0. The zero-order valence-electron chi connectivity index (χ0n) is 12.5. The molecule has 0 aliphatic heterocycles. The highest BCUT2D eigenvalue weighted by Gasteiger charge is 2.12. The van der Waals surface area contributed by atoms with Gasteiger partial charge in [0.2, 0.25) is 0 Å². The third-order valence-electron chi connectivity index (χ3n) is 2.99. The molecule has 20 heavy (non-hydrogen) atoms. The summed E-state index contributed by atoms with van der Waals surface area (Å²) in [5.74, 6) is 0.430. The SMILES string of the molecule is CC(CCS(C)=O)NC(=O)c1ccc(N(C)C)c(N)c1. The van der Waals surface area contributed by atoms with Crippen LogP contribution in [0.2, 0.25) is 0 Å². The second-order valence-electron chi connectivity index (χ2n) is 5.11. The lowest BCUT2D eigenvalue weighted by Gasteiger charge is -2.17. The molecule has 2 unspecified atom stereocenters. The van der Waals surface area contributed by atoms with E-state index in [2.05, 4.69) is 5.32 Å². The van der Waals surface area contributed by atoms with Crippen LogP contribution in [-0.2, 0) is 10.8 Å². The van der Waals surface area contributed by atoms with Gasteiger partial charge in [0.15, 0.2) is 0 Å². The van der Waals surface area contributed by atoms with Gasteiger partial charge in [0.25, 0.3) is 5.91 Å². The summed E-state index contributed by atoms with van der Waals surface area (Å²) < 4.78 is 11.0. The van der Waals surface area contributed by atoms with Gasteiger partial charge >= 0.3 is 0 Å². The van der Waals surface area contributed by atoms with Crippen LogP contribution in [-0.4, -0.2) is 42.3 Å². The first kappa shape index (κ1) is 16.5. The average Bonchev–Trinajstić information content (AvgIpc) is 2.35. The van der Waals surface area contributed by atoms with Crippen LogP contribution in [0.3, 0.4) is 0 Å². The number of nitrogens with one attached hydrogen (secondary N) is 1. The smallest absolute Gasteiger partial charge is 0.251 e. The second kappa shape index (κ2) is 7.28. The summed E-state index contributed by atoms with van der Waals surface area (Å²) in [6.07, 6.45) is 2.36. The van der Waals surface area contributed by atoms with Crippen LogP contribution in [0, 0.1) is 0 Å². The summed E-state index contributed by atoms with van der Waals surface area (Å²) in [6, 6.07) is 5.25. The Hall–Kier alpha value is -1.56. The summed E-state index contributed by atoms with van der Waals surface area (Å²) in [7, 11) is 2.97. The van der Waals surface area contributed by atoms with Gasteiger partial charge in [0.05, 0.1) is 11.4 Å². The highest BCUT2D eigenvalue weighted by Crippen LogP contribution is 2.22. The first-order valence-electron chi connectivity index (χ1n) is 6.49. The van der Waals surface area contributed by atoms with Gasteiger partial charge in [-0.25, -0.2) is 0 Å². The number of benzene rings is 1. The Balaban J connectivity index is 2.68. The van der Waals surface area contributed by atoms with Gasteiger partial charge in [-0.3, -0.25) is 9.00 Å². The fraction of sp³-hybridized carbons (Fsp3) is 0.500. The molecular formula is C14H23N3O2S. The van der Waals surface area contributed by atoms with Gasteiger partial charge in [0.1, 0.15) is 0 Å². The van der Waals surface area contributed by atoms with Gasteiger partial charge in [-0.1, -0.05) is 0 Å². The molecule has 0 aliphatic rings. The van der Waals surface area contributed by atoms with Crippen LogP contribution >= 0.6 is 0 Å². The molecule has 1 rings (SSSR count). The molecule has 0 aromatic heterocycles. The van der Waals surface area contributed by atoms with E-state index < -0.39 is 10.8 Å². The topological polar surface area (TPSA) is 75.4 Å². The lowest BCUT2D eigenvalue weighted by atomic mass is 10.1. The molecule has 0 saturated heterocycles. The van der Waals surface area contributed by atoms with Crippen LogP contribution in [0.25, 0.3) is 0 Å². The van der Waals surface area contributed by atoms with Crippen LogP contribution < -0.4 is 16.0 Å². The third-order valence-corrected chi connectivity index (χ3v) is 3.80. The first-order valence-corrected chi connectivity index (χ1v) is 8.21. The number of hydrogen-bond acceptors (Lipinski definition) is 4. The highest BCUT2D eigenvalue weighted by atomic mass is 32.2. The minimum absolute atomic E-state index is 0.0128. The minimum Gasteiger partial charge on any atom is -0.397 e. The van der Waals surface area contributed by atoms with Crippen molar-refractivity contribution >= 4 is 28.1 Å². The normalized spacial score (nSPS) is 13.6. The highest BCUT2D eigenvalue weighted by molar-refractivity contribution is 7.84. The minimum atomic E-state index is -0.834. The van der Waals surface area contributed by atoms with Crippen LogP contribution in [0.15, 0.2) is 18.2 Å². The molecule has 0 saturated carbocycles. The molecule has 5 nitrogen and oxygen atoms in total. The molecular weight excluding hydrogens is 274 g/mol. The molecule has 0 spiro atoms. The average molecular weight is 297 g/mol. The Kier molecular flexibility index (Phi) is 6.01. The van der Waals surface area contributed by atoms with Crippen molar-refractivity contribution < 1.29 is 9.00 Å². The largest absolute Gasteiger partial charge is 0.397 e. The van der Waals surface area contributed by atoms with Crippen molar-refractivity contribution in [3.63, 3.8) is 0 Å². The van der Waals surface area contributed by atoms with E-state index in [0.29, 0.717) is 23.4 Å². The fourth-order valence-electron chi connectivity index (χ4n) is 1.83. The van der Waals surface area contributed by atoms with Crippen LogP contribution in [0.4, 0.5) is 11.4 Å². The molecule has 3 N–H and O–H groups in total. The number of carbonyl (C=O) groups is 1. The van der Waals surface area contributed by atoms with Crippen LogP contribution in [0.5, 0.6) is 0 Å². The van der Waals surface area contributed by atoms with E-state index in [0.717, 1.165) is 5.69 Å². The molecule has 2 atom stereocenters. The van der Waals surface area contributed by atoms with Gasteiger partial charge in [-0.15, -0.1) is 0 Å². The molecule has 6 heteroatoms. The van der Waals surface area contributed by atoms with E-state index in [-0.39, 0.29) is 11.9 Å². The maximum absolute atomic E-state index is 12.1. The number of nitrogen functional groups attached to an aromatic ring is 1. The summed E-state index contributed by atoms with van der Waals surface area (Å²) in [5.41, 5.74) is 7.93. The van der Waals surface area contributed by atoms with Crippen molar-refractivity contribution in [3.05, 3.63) is 23.8 Å². The van der Waals surface area contributed by atoms with Crippen molar-refractivity contribution in [3.8, 4) is 0 Å². The molecule has 0 bridgehead atoms. The lowest BCUT2D eigenvalue weighted by molar-refractivity contribution is 0.0939. The standard InChI is InChI=1S/C14H23N3O2S/c1-10(7-8-20(4)19)16-14(18)11-5-6-13(17(2)3)12(15)9-11/h5-6,9-10H,7-8,15H2,1-4H3,(H,16,18). The Morgan fingerprint density at radius 2 is 2.10 bits per heavy atom. The number of nitrogens with two attached hydrogens (primary N) is 1. The summed E-state index contributed by atoms with van der Waals surface area (Å²) in [4.78, 5) is 14.0. The molecule has 0 fully saturated rings. The van der Waals surface area contributed by atoms with E-state index in [1.54, 1.807) is 18.4 Å². The molecule has 1 aromatic rings. The van der Waals surface area contributed by atoms with E-state index in [1.807, 2.05) is 32.0 Å². The van der Waals surface area contributed by atoms with Gasteiger partial charge in [-0.05, 0) is 31.5 Å². The lowest BCUT2D eigenvalue weighted by Crippen LogP contribution is -2.33. The van der Waals surface area contributed by atoms with E-state index in [4.69, 9.17) is 5.73 Å². The van der Waals surface area contributed by atoms with Gasteiger partial charge in [-0.2, -0.15) is 0 Å². The van der Waals surface area contributed by atoms with Crippen molar-refractivity contribution in [2.75, 3.05) is 36.7 Å². The zero-order valence-corrected chi connectivity index (χ0v) is 13.3. The van der Waals surface area contributed by atoms with Gasteiger partial charge in [0, 0.05) is 48.5 Å². The maximum atomic E-state index is 12.1. The predicted octanol–water partition coefficient (Wildman–Crippen LogP) is 1.22. The number of rotatable bonds is 6. The first-order chi connectivity index (χ1) is 9.31. The number of amides is 1. The van der Waals surface area contributed by atoms with Crippen molar-refractivity contribution in [2.45, 2.75) is 19.4 Å². The van der Waals surface area contributed by atoms with E-state index >= 15 is 0 Å². The fourth-order valence-corrected chi connectivity index (χ4v) is 2.51. The molecule has 0 aliphatic carbocycles. The quantitative estimate of drug-likeness (QED) is 0.774. The Morgan fingerprint density at radius 1 is 1.45 bits per heavy atom. The zero-order chi connectivity index (χ0) is 15.3. The maximum Gasteiger partial charge on any atom is 0.251 e. The third kappa shape index (κ3) is 4.85. The van der Waals surface area contributed by atoms with Crippen molar-refractivity contribution in [1.82, 2.24) is 5.32 Å². The van der Waals surface area contributed by atoms with E-state index in [9.17, 15) is 9.00 Å². The van der Waals surface area contributed by atoms with Crippen LogP contribution in [0.1, 0.15) is 23.7 Å². The Morgan fingerprint density at radius 3 is 2.60 bits per heavy atom. The summed E-state index contributed by atoms with van der Waals surface area (Å²) in [6.45, 7) is 1.91. The molecule has 1 aromatic carbocycles. The van der Waals surface area contributed by atoms with Crippen molar-refractivity contribution in [1.29, 1.82) is 0 Å². The second-order valence-corrected chi connectivity index (χ2v) is 6.66. The number of hydrogen-bond donors (Lipinski definition) is 2. The molecule has 1 amide bonds. The van der Waals surface area contributed by atoms with Gasteiger partial charge < -0.3 is 16.0 Å².